The lowest BCUT2D eigenvalue weighted by molar-refractivity contribution is -0.149. The normalized spacial score (nSPS) is 14.4. The molecule has 3 amide bonds. The number of hydrogen-bond acceptors (Lipinski definition) is 3. The fraction of sp³-hybridized carbons (Fsp3) is 0.348. The number of carbonyl (C=O) groups excluding carboxylic acids is 3. The quantitative estimate of drug-likeness (QED) is 0.560. The smallest absolute Gasteiger partial charge is 0.242 e. The van der Waals surface area contributed by atoms with Crippen LogP contribution >= 0.6 is 0 Å². The summed E-state index contributed by atoms with van der Waals surface area (Å²) in [6.07, 6.45) is 0.801. The largest absolute Gasteiger partial charge is 0.342 e. The Labute approximate surface area is 171 Å². The van der Waals surface area contributed by atoms with Crippen molar-refractivity contribution >= 4 is 23.9 Å². The molecule has 0 aliphatic carbocycles. The highest BCUT2D eigenvalue weighted by atomic mass is 16.2. The SMILES string of the molecule is CC(C)(C(=O)N1CCN(C=O)CC1)C(=O)N(Cc1ccccc1)c1ccccc1. The summed E-state index contributed by atoms with van der Waals surface area (Å²) < 4.78 is 0. The number of amides is 3. The average Bonchev–Trinajstić information content (AvgIpc) is 2.77. The molecule has 0 N–H and O–H groups in total. The Balaban J connectivity index is 1.83. The lowest BCUT2D eigenvalue weighted by Gasteiger charge is -2.38. The van der Waals surface area contributed by atoms with E-state index in [1.165, 1.54) is 0 Å². The minimum absolute atomic E-state index is 0.206. The van der Waals surface area contributed by atoms with Crippen molar-refractivity contribution in [1.82, 2.24) is 9.80 Å². The van der Waals surface area contributed by atoms with Crippen molar-refractivity contribution in [1.29, 1.82) is 0 Å². The van der Waals surface area contributed by atoms with E-state index in [9.17, 15) is 14.4 Å². The van der Waals surface area contributed by atoms with E-state index in [0.717, 1.165) is 17.7 Å². The van der Waals surface area contributed by atoms with Gasteiger partial charge in [-0.1, -0.05) is 48.5 Å². The summed E-state index contributed by atoms with van der Waals surface area (Å²) >= 11 is 0. The third-order valence-electron chi connectivity index (χ3n) is 5.32. The Bertz CT molecular complexity index is 844. The van der Waals surface area contributed by atoms with Gasteiger partial charge in [0.25, 0.3) is 0 Å². The molecule has 3 rings (SSSR count). The molecule has 1 heterocycles. The standard InChI is InChI=1S/C23H27N3O3/c1-23(2,21(28)25-15-13-24(18-27)14-16-25)22(29)26(20-11-7-4-8-12-20)17-19-9-5-3-6-10-19/h3-12,18H,13-17H2,1-2H3. The van der Waals surface area contributed by atoms with Gasteiger partial charge in [0.1, 0.15) is 5.41 Å². The van der Waals surface area contributed by atoms with Gasteiger partial charge in [0, 0.05) is 31.9 Å². The summed E-state index contributed by atoms with van der Waals surface area (Å²) in [5.41, 5.74) is 0.536. The van der Waals surface area contributed by atoms with Crippen LogP contribution in [-0.2, 0) is 20.9 Å². The van der Waals surface area contributed by atoms with Crippen molar-refractivity contribution < 1.29 is 14.4 Å². The summed E-state index contributed by atoms with van der Waals surface area (Å²) in [6, 6.07) is 19.2. The zero-order valence-electron chi connectivity index (χ0n) is 17.0. The number of para-hydroxylation sites is 1. The van der Waals surface area contributed by atoms with Crippen LogP contribution in [-0.4, -0.2) is 54.2 Å². The molecule has 0 bridgehead atoms. The molecule has 0 aromatic heterocycles. The van der Waals surface area contributed by atoms with Crippen LogP contribution in [0.15, 0.2) is 60.7 Å². The van der Waals surface area contributed by atoms with Gasteiger partial charge >= 0.3 is 0 Å². The molecular weight excluding hydrogens is 366 g/mol. The van der Waals surface area contributed by atoms with E-state index in [4.69, 9.17) is 0 Å². The zero-order valence-corrected chi connectivity index (χ0v) is 17.0. The second-order valence-corrected chi connectivity index (χ2v) is 7.77. The maximum Gasteiger partial charge on any atom is 0.242 e. The minimum Gasteiger partial charge on any atom is -0.342 e. The highest BCUT2D eigenvalue weighted by molar-refractivity contribution is 6.11. The number of piperazine rings is 1. The first-order valence-electron chi connectivity index (χ1n) is 9.83. The Hall–Kier alpha value is -3.15. The summed E-state index contributed by atoms with van der Waals surface area (Å²) in [7, 11) is 0. The Morgan fingerprint density at radius 3 is 2.03 bits per heavy atom. The number of carbonyl (C=O) groups is 3. The minimum atomic E-state index is -1.21. The van der Waals surface area contributed by atoms with Gasteiger partial charge in [-0.2, -0.15) is 0 Å². The van der Waals surface area contributed by atoms with Crippen molar-refractivity contribution in [2.45, 2.75) is 20.4 Å². The molecule has 0 radical (unpaired) electrons. The molecule has 2 aromatic rings. The third kappa shape index (κ3) is 4.65. The van der Waals surface area contributed by atoms with Crippen LogP contribution in [0.5, 0.6) is 0 Å². The molecule has 1 aliphatic rings. The fourth-order valence-corrected chi connectivity index (χ4v) is 3.51. The van der Waals surface area contributed by atoms with Crippen LogP contribution < -0.4 is 4.90 Å². The first-order chi connectivity index (χ1) is 13.9. The van der Waals surface area contributed by atoms with Crippen molar-refractivity contribution in [2.24, 2.45) is 5.41 Å². The van der Waals surface area contributed by atoms with E-state index < -0.39 is 5.41 Å². The number of nitrogens with zero attached hydrogens (tertiary/aromatic N) is 3. The van der Waals surface area contributed by atoms with E-state index in [-0.39, 0.29) is 11.8 Å². The predicted molar refractivity (Wildman–Crippen MR) is 112 cm³/mol. The fourth-order valence-electron chi connectivity index (χ4n) is 3.51. The Kier molecular flexibility index (Phi) is 6.32. The molecule has 1 aliphatic heterocycles. The molecule has 0 unspecified atom stereocenters. The van der Waals surface area contributed by atoms with Crippen molar-refractivity contribution in [3.8, 4) is 0 Å². The van der Waals surface area contributed by atoms with E-state index in [2.05, 4.69) is 0 Å². The van der Waals surface area contributed by atoms with Crippen LogP contribution in [0.4, 0.5) is 5.69 Å². The molecule has 6 heteroatoms. The number of rotatable bonds is 6. The van der Waals surface area contributed by atoms with Gasteiger partial charge in [0.05, 0.1) is 6.54 Å². The average molecular weight is 393 g/mol. The van der Waals surface area contributed by atoms with E-state index in [1.54, 1.807) is 28.5 Å². The summed E-state index contributed by atoms with van der Waals surface area (Å²) in [5.74, 6) is -0.447. The van der Waals surface area contributed by atoms with Crippen molar-refractivity contribution in [2.75, 3.05) is 31.1 Å². The van der Waals surface area contributed by atoms with Crippen LogP contribution in [0.2, 0.25) is 0 Å². The van der Waals surface area contributed by atoms with Gasteiger partial charge < -0.3 is 14.7 Å². The molecule has 6 nitrogen and oxygen atoms in total. The summed E-state index contributed by atoms with van der Waals surface area (Å²) in [5, 5.41) is 0. The highest BCUT2D eigenvalue weighted by Gasteiger charge is 2.42. The van der Waals surface area contributed by atoms with Crippen LogP contribution in [0.1, 0.15) is 19.4 Å². The van der Waals surface area contributed by atoms with Gasteiger partial charge in [-0.3, -0.25) is 14.4 Å². The summed E-state index contributed by atoms with van der Waals surface area (Å²) in [6.45, 7) is 5.63. The van der Waals surface area contributed by atoms with Crippen molar-refractivity contribution in [3.05, 3.63) is 66.2 Å². The van der Waals surface area contributed by atoms with Crippen LogP contribution in [0.3, 0.4) is 0 Å². The molecule has 29 heavy (non-hydrogen) atoms. The topological polar surface area (TPSA) is 60.9 Å². The molecular formula is C23H27N3O3. The van der Waals surface area contributed by atoms with Crippen LogP contribution in [0, 0.1) is 5.41 Å². The van der Waals surface area contributed by atoms with Crippen LogP contribution in [0.25, 0.3) is 0 Å². The molecule has 0 spiro atoms. The monoisotopic (exact) mass is 393 g/mol. The van der Waals surface area contributed by atoms with Gasteiger partial charge in [0.15, 0.2) is 0 Å². The second-order valence-electron chi connectivity index (χ2n) is 7.77. The zero-order chi connectivity index (χ0) is 20.9. The van der Waals surface area contributed by atoms with Gasteiger partial charge in [0.2, 0.25) is 18.2 Å². The van der Waals surface area contributed by atoms with Gasteiger partial charge in [-0.25, -0.2) is 0 Å². The lowest BCUT2D eigenvalue weighted by Crippen LogP contribution is -2.55. The highest BCUT2D eigenvalue weighted by Crippen LogP contribution is 2.28. The summed E-state index contributed by atoms with van der Waals surface area (Å²) in [4.78, 5) is 42.7. The lowest BCUT2D eigenvalue weighted by atomic mass is 9.88. The Morgan fingerprint density at radius 2 is 1.48 bits per heavy atom. The molecule has 2 aromatic carbocycles. The van der Waals surface area contributed by atoms with E-state index in [1.807, 2.05) is 60.7 Å². The maximum atomic E-state index is 13.6. The van der Waals surface area contributed by atoms with E-state index in [0.29, 0.717) is 32.7 Å². The first kappa shape index (κ1) is 20.6. The van der Waals surface area contributed by atoms with Gasteiger partial charge in [-0.15, -0.1) is 0 Å². The first-order valence-corrected chi connectivity index (χ1v) is 9.83. The van der Waals surface area contributed by atoms with Crippen molar-refractivity contribution in [3.63, 3.8) is 0 Å². The third-order valence-corrected chi connectivity index (χ3v) is 5.32. The molecule has 1 fully saturated rings. The number of anilines is 1. The maximum absolute atomic E-state index is 13.6. The molecule has 0 saturated carbocycles. The molecule has 1 saturated heterocycles. The number of benzene rings is 2. The van der Waals surface area contributed by atoms with Gasteiger partial charge in [-0.05, 0) is 31.5 Å². The molecule has 152 valence electrons. The molecule has 0 atom stereocenters. The predicted octanol–water partition coefficient (Wildman–Crippen LogP) is 2.55. The van der Waals surface area contributed by atoms with E-state index >= 15 is 0 Å². The Morgan fingerprint density at radius 1 is 0.931 bits per heavy atom. The number of hydrogen-bond donors (Lipinski definition) is 0. The second kappa shape index (κ2) is 8.90.